The Bertz CT molecular complexity index is 548. The Morgan fingerprint density at radius 1 is 1.30 bits per heavy atom. The highest BCUT2D eigenvalue weighted by molar-refractivity contribution is 6.26. The zero-order valence-electron chi connectivity index (χ0n) is 11.7. The van der Waals surface area contributed by atoms with Crippen molar-refractivity contribution in [3.63, 3.8) is 0 Å². The van der Waals surface area contributed by atoms with Crippen LogP contribution in [0.5, 0.6) is 0 Å². The van der Waals surface area contributed by atoms with Gasteiger partial charge in [-0.3, -0.25) is 9.59 Å². The molecule has 1 aliphatic rings. The Morgan fingerprint density at radius 2 is 1.95 bits per heavy atom. The van der Waals surface area contributed by atoms with Crippen LogP contribution in [0, 0.1) is 5.92 Å². The lowest BCUT2D eigenvalue weighted by Gasteiger charge is -2.09. The number of benzene rings is 1. The molecule has 0 bridgehead atoms. The third-order valence-corrected chi connectivity index (χ3v) is 3.71. The average Bonchev–Trinajstić information content (AvgIpc) is 2.73. The molecule has 0 aromatic heterocycles. The second-order valence-electron chi connectivity index (χ2n) is 5.15. The smallest absolute Gasteiger partial charge is 0.259 e. The summed E-state index contributed by atoms with van der Waals surface area (Å²) < 4.78 is 0. The summed E-state index contributed by atoms with van der Waals surface area (Å²) in [5, 5.41) is 12.7. The van der Waals surface area contributed by atoms with Gasteiger partial charge in [0.05, 0.1) is 6.04 Å². The molecule has 106 valence electrons. The Balaban J connectivity index is 2.21. The Morgan fingerprint density at radius 3 is 2.55 bits per heavy atom. The van der Waals surface area contributed by atoms with Crippen LogP contribution in [0.4, 0.5) is 0 Å². The molecule has 1 aliphatic heterocycles. The highest BCUT2D eigenvalue weighted by Crippen LogP contribution is 2.22. The van der Waals surface area contributed by atoms with Gasteiger partial charge in [0.15, 0.2) is 5.78 Å². The average molecular weight is 273 g/mol. The molecule has 1 heterocycles. The molecule has 1 saturated heterocycles. The van der Waals surface area contributed by atoms with Gasteiger partial charge >= 0.3 is 0 Å². The van der Waals surface area contributed by atoms with E-state index in [-0.39, 0.29) is 23.0 Å². The summed E-state index contributed by atoms with van der Waals surface area (Å²) in [7, 11) is 0. The maximum atomic E-state index is 12.3. The van der Waals surface area contributed by atoms with Gasteiger partial charge in [0, 0.05) is 12.3 Å². The van der Waals surface area contributed by atoms with E-state index >= 15 is 0 Å². The molecule has 0 radical (unpaired) electrons. The lowest BCUT2D eigenvalue weighted by Crippen LogP contribution is -2.31. The van der Waals surface area contributed by atoms with E-state index in [9.17, 15) is 14.7 Å². The second kappa shape index (κ2) is 5.90. The quantitative estimate of drug-likeness (QED) is 0.502. The fraction of sp³-hybridized carbons (Fsp3) is 0.375. The summed E-state index contributed by atoms with van der Waals surface area (Å²) in [6.07, 6.45) is 1.13. The molecule has 20 heavy (non-hydrogen) atoms. The first-order valence-corrected chi connectivity index (χ1v) is 6.86. The van der Waals surface area contributed by atoms with Crippen LogP contribution in [-0.4, -0.2) is 22.8 Å². The number of carbonyl (C=O) groups is 2. The maximum absolute atomic E-state index is 12.3. The Labute approximate surface area is 118 Å². The van der Waals surface area contributed by atoms with Crippen LogP contribution in [-0.2, 0) is 16.0 Å². The van der Waals surface area contributed by atoms with Gasteiger partial charge in [-0.15, -0.1) is 0 Å². The zero-order chi connectivity index (χ0) is 14.7. The summed E-state index contributed by atoms with van der Waals surface area (Å²) >= 11 is 0. The normalized spacial score (nSPS) is 22.6. The number of Topliss-reactive ketones (excluding diaryl/α,β-unsaturated/α-hetero) is 1. The molecule has 4 nitrogen and oxygen atoms in total. The van der Waals surface area contributed by atoms with Crippen molar-refractivity contribution in [1.82, 2.24) is 5.32 Å². The lowest BCUT2D eigenvalue weighted by molar-refractivity contribution is -0.117. The van der Waals surface area contributed by atoms with Gasteiger partial charge in [-0.05, 0) is 12.0 Å². The predicted molar refractivity (Wildman–Crippen MR) is 76.2 cm³/mol. The molecule has 1 aromatic carbocycles. The number of hydrogen-bond acceptors (Lipinski definition) is 3. The van der Waals surface area contributed by atoms with Gasteiger partial charge in [-0.2, -0.15) is 0 Å². The first kappa shape index (κ1) is 14.3. The van der Waals surface area contributed by atoms with Crippen molar-refractivity contribution in [1.29, 1.82) is 0 Å². The van der Waals surface area contributed by atoms with E-state index in [4.69, 9.17) is 0 Å². The van der Waals surface area contributed by atoms with Crippen LogP contribution in [0.25, 0.3) is 0 Å². The van der Waals surface area contributed by atoms with Crippen molar-refractivity contribution >= 4 is 11.7 Å². The van der Waals surface area contributed by atoms with Crippen LogP contribution < -0.4 is 5.32 Å². The Hall–Kier alpha value is -2.10. The number of rotatable bonds is 4. The molecular weight excluding hydrogens is 254 g/mol. The van der Waals surface area contributed by atoms with Gasteiger partial charge in [-0.25, -0.2) is 0 Å². The number of nitrogens with one attached hydrogen (secondary N) is 1. The van der Waals surface area contributed by atoms with Crippen molar-refractivity contribution < 1.29 is 14.7 Å². The molecule has 1 unspecified atom stereocenters. The minimum absolute atomic E-state index is 0.0692. The van der Waals surface area contributed by atoms with Crippen LogP contribution >= 0.6 is 0 Å². The van der Waals surface area contributed by atoms with Crippen molar-refractivity contribution in [3.05, 3.63) is 47.2 Å². The molecule has 1 fully saturated rings. The third kappa shape index (κ3) is 2.74. The van der Waals surface area contributed by atoms with E-state index in [2.05, 4.69) is 5.32 Å². The molecule has 0 aliphatic carbocycles. The fourth-order valence-electron chi connectivity index (χ4n) is 2.26. The Kier molecular flexibility index (Phi) is 4.23. The van der Waals surface area contributed by atoms with E-state index in [1.165, 1.54) is 0 Å². The van der Waals surface area contributed by atoms with E-state index in [1.807, 2.05) is 37.3 Å². The van der Waals surface area contributed by atoms with Crippen molar-refractivity contribution in [2.45, 2.75) is 32.7 Å². The monoisotopic (exact) mass is 273 g/mol. The number of aliphatic hydroxyl groups excluding tert-OH is 1. The third-order valence-electron chi connectivity index (χ3n) is 3.71. The highest BCUT2D eigenvalue weighted by Gasteiger charge is 2.38. The van der Waals surface area contributed by atoms with Gasteiger partial charge in [0.1, 0.15) is 11.3 Å². The first-order valence-electron chi connectivity index (χ1n) is 6.86. The largest absolute Gasteiger partial charge is 0.511 e. The minimum Gasteiger partial charge on any atom is -0.511 e. The molecule has 2 N–H and O–H groups in total. The van der Waals surface area contributed by atoms with Gasteiger partial charge in [-0.1, -0.05) is 44.2 Å². The number of allylic oxidation sites excluding steroid dienone is 1. The number of ketones is 1. The molecule has 1 amide bonds. The summed E-state index contributed by atoms with van der Waals surface area (Å²) in [6.45, 7) is 3.70. The maximum Gasteiger partial charge on any atom is 0.259 e. The summed E-state index contributed by atoms with van der Waals surface area (Å²) in [6, 6.07) is 8.93. The van der Waals surface area contributed by atoms with Crippen LogP contribution in [0.2, 0.25) is 0 Å². The summed E-state index contributed by atoms with van der Waals surface area (Å²) in [5.74, 6) is -1.05. The fourth-order valence-corrected chi connectivity index (χ4v) is 2.26. The van der Waals surface area contributed by atoms with Crippen LogP contribution in [0.3, 0.4) is 0 Å². The predicted octanol–water partition coefficient (Wildman–Crippen LogP) is 2.15. The molecule has 2 rings (SSSR count). The number of hydrogen-bond donors (Lipinski definition) is 2. The topological polar surface area (TPSA) is 66.4 Å². The standard InChI is InChI=1S/C16H19NO3/c1-3-10(2)14(18)13-15(19)12(17-16(13)20)9-11-7-5-4-6-8-11/h4-8,10,12,18H,3,9H2,1-2H3,(H,17,20)/b14-13-/t10?,12-/m1/s1. The van der Waals surface area contributed by atoms with Gasteiger partial charge in [0.25, 0.3) is 5.91 Å². The molecule has 0 spiro atoms. The summed E-state index contributed by atoms with van der Waals surface area (Å²) in [4.78, 5) is 24.2. The van der Waals surface area contributed by atoms with E-state index in [1.54, 1.807) is 6.92 Å². The van der Waals surface area contributed by atoms with Crippen LogP contribution in [0.15, 0.2) is 41.7 Å². The zero-order valence-corrected chi connectivity index (χ0v) is 11.7. The molecule has 0 saturated carbocycles. The SMILES string of the molecule is CCC(C)/C(O)=C1/C(=O)N[C@H](Cc2ccccc2)C1=O. The van der Waals surface area contributed by atoms with Crippen molar-refractivity contribution in [2.24, 2.45) is 5.92 Å². The highest BCUT2D eigenvalue weighted by atomic mass is 16.3. The van der Waals surface area contributed by atoms with Crippen molar-refractivity contribution in [3.8, 4) is 0 Å². The minimum atomic E-state index is -0.578. The number of aliphatic hydroxyl groups is 1. The lowest BCUT2D eigenvalue weighted by atomic mass is 9.97. The van der Waals surface area contributed by atoms with E-state index < -0.39 is 11.9 Å². The molecule has 4 heteroatoms. The van der Waals surface area contributed by atoms with Gasteiger partial charge < -0.3 is 10.4 Å². The second-order valence-corrected chi connectivity index (χ2v) is 5.15. The van der Waals surface area contributed by atoms with E-state index in [0.29, 0.717) is 12.8 Å². The first-order chi connectivity index (χ1) is 9.54. The van der Waals surface area contributed by atoms with E-state index in [0.717, 1.165) is 5.56 Å². The number of amides is 1. The number of carbonyl (C=O) groups excluding carboxylic acids is 2. The van der Waals surface area contributed by atoms with Gasteiger partial charge in [0.2, 0.25) is 0 Å². The molecule has 1 aromatic rings. The van der Waals surface area contributed by atoms with Crippen molar-refractivity contribution in [2.75, 3.05) is 0 Å². The molecular formula is C16H19NO3. The molecule has 2 atom stereocenters. The summed E-state index contributed by atoms with van der Waals surface area (Å²) in [5.41, 5.74) is 0.913. The van der Waals surface area contributed by atoms with Crippen LogP contribution in [0.1, 0.15) is 25.8 Å².